The van der Waals surface area contributed by atoms with E-state index in [1.807, 2.05) is 24.6 Å². The lowest BCUT2D eigenvalue weighted by Gasteiger charge is -2.39. The predicted octanol–water partition coefficient (Wildman–Crippen LogP) is 4.03. The van der Waals surface area contributed by atoms with Gasteiger partial charge in [-0.25, -0.2) is 4.99 Å². The summed E-state index contributed by atoms with van der Waals surface area (Å²) in [5.74, 6) is 2.58. The molecule has 31 heavy (non-hydrogen) atoms. The van der Waals surface area contributed by atoms with Crippen molar-refractivity contribution in [2.75, 3.05) is 6.61 Å². The third-order valence-electron chi connectivity index (χ3n) is 6.56. The zero-order valence-electron chi connectivity index (χ0n) is 18.8. The minimum atomic E-state index is 0. The zero-order valence-corrected chi connectivity index (χ0v) is 21.1. The van der Waals surface area contributed by atoms with Crippen molar-refractivity contribution in [2.45, 2.75) is 76.6 Å². The summed E-state index contributed by atoms with van der Waals surface area (Å²) in [6.07, 6.45) is 6.99. The topological polar surface area (TPSA) is 76.4 Å². The van der Waals surface area contributed by atoms with Crippen LogP contribution in [0, 0.1) is 6.92 Å². The number of hydrogen-bond donors (Lipinski definition) is 2. The van der Waals surface area contributed by atoms with E-state index in [0.29, 0.717) is 12.6 Å². The lowest BCUT2D eigenvalue weighted by atomic mass is 9.89. The van der Waals surface area contributed by atoms with Crippen LogP contribution in [0.4, 0.5) is 0 Å². The standard InChI is InChI=1S/C23H34N6O.HI/c1-17(19-9-5-4-6-10-19)25-22(24-16-21-28-27-18(2)29(21)3)26-20-11-14-30-23(15-20)12-7-8-13-23;/h4-6,9-10,17,20H,7-8,11-16H2,1-3H3,(H2,24,25,26);1H. The molecule has 2 fully saturated rings. The van der Waals surface area contributed by atoms with Gasteiger partial charge in [0.05, 0.1) is 11.6 Å². The second-order valence-electron chi connectivity index (χ2n) is 8.74. The van der Waals surface area contributed by atoms with Crippen LogP contribution in [0.3, 0.4) is 0 Å². The Labute approximate surface area is 202 Å². The highest BCUT2D eigenvalue weighted by molar-refractivity contribution is 14.0. The number of ether oxygens (including phenoxy) is 1. The van der Waals surface area contributed by atoms with E-state index >= 15 is 0 Å². The van der Waals surface area contributed by atoms with Crippen molar-refractivity contribution < 1.29 is 4.74 Å². The van der Waals surface area contributed by atoms with Crippen molar-refractivity contribution in [1.29, 1.82) is 0 Å². The van der Waals surface area contributed by atoms with Crippen molar-refractivity contribution in [3.8, 4) is 0 Å². The fraction of sp³-hybridized carbons (Fsp3) is 0.609. The van der Waals surface area contributed by atoms with E-state index in [1.54, 1.807) is 0 Å². The van der Waals surface area contributed by atoms with Gasteiger partial charge in [-0.2, -0.15) is 0 Å². The number of halogens is 1. The van der Waals surface area contributed by atoms with Gasteiger partial charge in [0.15, 0.2) is 11.8 Å². The molecule has 2 atom stereocenters. The molecule has 2 unspecified atom stereocenters. The number of nitrogens with zero attached hydrogens (tertiary/aromatic N) is 4. The highest BCUT2D eigenvalue weighted by Crippen LogP contribution is 2.39. The van der Waals surface area contributed by atoms with Crippen molar-refractivity contribution >= 4 is 29.9 Å². The van der Waals surface area contributed by atoms with Gasteiger partial charge in [-0.15, -0.1) is 34.2 Å². The second-order valence-corrected chi connectivity index (χ2v) is 8.74. The number of nitrogens with one attached hydrogen (secondary N) is 2. The van der Waals surface area contributed by atoms with Crippen LogP contribution in [-0.4, -0.2) is 39.0 Å². The van der Waals surface area contributed by atoms with Gasteiger partial charge >= 0.3 is 0 Å². The molecule has 0 bridgehead atoms. The van der Waals surface area contributed by atoms with Crippen LogP contribution in [0.2, 0.25) is 0 Å². The Morgan fingerprint density at radius 2 is 2.00 bits per heavy atom. The Morgan fingerprint density at radius 1 is 1.26 bits per heavy atom. The van der Waals surface area contributed by atoms with Gasteiger partial charge in [-0.05, 0) is 45.1 Å². The van der Waals surface area contributed by atoms with E-state index in [2.05, 4.69) is 52.0 Å². The fourth-order valence-corrected chi connectivity index (χ4v) is 4.61. The van der Waals surface area contributed by atoms with Crippen LogP contribution in [0.1, 0.15) is 68.7 Å². The summed E-state index contributed by atoms with van der Waals surface area (Å²) in [6.45, 7) is 5.43. The summed E-state index contributed by atoms with van der Waals surface area (Å²) < 4.78 is 8.20. The summed E-state index contributed by atoms with van der Waals surface area (Å²) in [6, 6.07) is 11.0. The Hall–Kier alpha value is -1.68. The van der Waals surface area contributed by atoms with Gasteiger partial charge in [0.25, 0.3) is 0 Å². The Kier molecular flexibility index (Phi) is 8.32. The molecule has 8 heteroatoms. The molecule has 2 aromatic rings. The lowest BCUT2D eigenvalue weighted by molar-refractivity contribution is -0.0815. The van der Waals surface area contributed by atoms with Crippen LogP contribution in [0.25, 0.3) is 0 Å². The molecule has 2 N–H and O–H groups in total. The molecule has 7 nitrogen and oxygen atoms in total. The molecule has 2 aliphatic rings. The number of benzene rings is 1. The minimum Gasteiger partial charge on any atom is -0.375 e. The fourth-order valence-electron chi connectivity index (χ4n) is 4.61. The summed E-state index contributed by atoms with van der Waals surface area (Å²) >= 11 is 0. The van der Waals surface area contributed by atoms with Crippen molar-refractivity contribution in [1.82, 2.24) is 25.4 Å². The molecule has 4 rings (SSSR count). The van der Waals surface area contributed by atoms with E-state index in [-0.39, 0.29) is 35.6 Å². The Morgan fingerprint density at radius 3 is 2.68 bits per heavy atom. The summed E-state index contributed by atoms with van der Waals surface area (Å²) in [5, 5.41) is 15.7. The number of aromatic nitrogens is 3. The van der Waals surface area contributed by atoms with Crippen LogP contribution in [0.15, 0.2) is 35.3 Å². The Bertz CT molecular complexity index is 862. The lowest BCUT2D eigenvalue weighted by Crippen LogP contribution is -2.51. The molecule has 0 amide bonds. The first-order chi connectivity index (χ1) is 14.5. The monoisotopic (exact) mass is 538 g/mol. The molecule has 1 spiro atoms. The third-order valence-corrected chi connectivity index (χ3v) is 6.56. The van der Waals surface area contributed by atoms with E-state index in [9.17, 15) is 0 Å². The van der Waals surface area contributed by atoms with Gasteiger partial charge in [0.2, 0.25) is 0 Å². The van der Waals surface area contributed by atoms with Gasteiger partial charge in [-0.3, -0.25) is 0 Å². The molecule has 0 radical (unpaired) electrons. The molecule has 1 saturated heterocycles. The first-order valence-corrected chi connectivity index (χ1v) is 11.2. The van der Waals surface area contributed by atoms with Gasteiger partial charge in [0.1, 0.15) is 12.4 Å². The number of rotatable bonds is 5. The van der Waals surface area contributed by atoms with E-state index in [0.717, 1.165) is 37.1 Å². The van der Waals surface area contributed by atoms with Gasteiger partial charge in [0, 0.05) is 19.7 Å². The van der Waals surface area contributed by atoms with Crippen LogP contribution < -0.4 is 10.6 Å². The van der Waals surface area contributed by atoms with Crippen LogP contribution in [0.5, 0.6) is 0 Å². The summed E-state index contributed by atoms with van der Waals surface area (Å²) in [4.78, 5) is 4.87. The normalized spacial score (nSPS) is 21.5. The first kappa shape index (κ1) is 24.0. The summed E-state index contributed by atoms with van der Waals surface area (Å²) in [5.41, 5.74) is 1.31. The Balaban J connectivity index is 0.00000272. The van der Waals surface area contributed by atoms with Crippen molar-refractivity contribution in [3.63, 3.8) is 0 Å². The average molecular weight is 538 g/mol. The highest BCUT2D eigenvalue weighted by atomic mass is 127. The van der Waals surface area contributed by atoms with E-state index in [1.165, 1.54) is 31.2 Å². The molecule has 1 aromatic heterocycles. The quantitative estimate of drug-likeness (QED) is 0.342. The zero-order chi connectivity index (χ0) is 21.0. The van der Waals surface area contributed by atoms with Gasteiger partial charge < -0.3 is 19.9 Å². The van der Waals surface area contributed by atoms with E-state index < -0.39 is 0 Å². The highest BCUT2D eigenvalue weighted by Gasteiger charge is 2.40. The SMILES string of the molecule is Cc1nnc(CN=C(NC2CCOC3(CCCC3)C2)NC(C)c2ccccc2)n1C.I. The van der Waals surface area contributed by atoms with Crippen molar-refractivity contribution in [3.05, 3.63) is 47.5 Å². The molecule has 1 aliphatic heterocycles. The molecule has 1 aliphatic carbocycles. The van der Waals surface area contributed by atoms with Gasteiger partial charge in [-0.1, -0.05) is 43.2 Å². The summed E-state index contributed by atoms with van der Waals surface area (Å²) in [7, 11) is 1.98. The average Bonchev–Trinajstić information content (AvgIpc) is 3.33. The minimum absolute atomic E-state index is 0. The van der Waals surface area contributed by atoms with Crippen LogP contribution >= 0.6 is 24.0 Å². The van der Waals surface area contributed by atoms with Crippen LogP contribution in [-0.2, 0) is 18.3 Å². The van der Waals surface area contributed by atoms with E-state index in [4.69, 9.17) is 9.73 Å². The molecular formula is C23H35IN6O. The molecule has 2 heterocycles. The number of aliphatic imine (C=N–C) groups is 1. The molecule has 1 saturated carbocycles. The maximum atomic E-state index is 6.21. The first-order valence-electron chi connectivity index (χ1n) is 11.2. The second kappa shape index (κ2) is 10.8. The third kappa shape index (κ3) is 5.97. The maximum Gasteiger partial charge on any atom is 0.192 e. The largest absolute Gasteiger partial charge is 0.375 e. The number of guanidine groups is 1. The molecular weight excluding hydrogens is 503 g/mol. The van der Waals surface area contributed by atoms with Crippen molar-refractivity contribution in [2.24, 2.45) is 12.0 Å². The molecule has 170 valence electrons. The number of aryl methyl sites for hydroxylation is 1. The maximum absolute atomic E-state index is 6.21. The smallest absolute Gasteiger partial charge is 0.192 e. The molecule has 1 aromatic carbocycles. The number of hydrogen-bond acceptors (Lipinski definition) is 4. The predicted molar refractivity (Wildman–Crippen MR) is 134 cm³/mol.